The Morgan fingerprint density at radius 3 is 1.64 bits per heavy atom. The highest BCUT2D eigenvalue weighted by atomic mass is 16.8. The van der Waals surface area contributed by atoms with Crippen LogP contribution in [0.15, 0.2) is 0 Å². The molecule has 1 saturated carbocycles. The molecule has 0 aromatic heterocycles. The molecule has 42 heavy (non-hydrogen) atoms. The number of ether oxygens (including phenoxy) is 6. The van der Waals surface area contributed by atoms with Crippen LogP contribution in [0.2, 0.25) is 0 Å². The molecule has 4 aliphatic rings. The Bertz CT molecular complexity index is 868. The minimum atomic E-state index is -1.60. The Hall–Kier alpha value is -0.760. The van der Waals surface area contributed by atoms with Gasteiger partial charge in [-0.15, -0.1) is 0 Å². The standard InChI is InChI=1S/C23H46N6O13/c24-2-7-14(33)16(35)12(29)22(37-7)41-19-9(4-31)39-23(17(19)36)42-20-13(32)5(25)1-6(26)18(20)40-21-11(28)15(34)10(27)8(3-30)38-21/h5-23,30-36H,1-4,24-29H2/t5-,6+,7+,8-,9-,10+,11-,12-,13+,14-,15+,16-,17-,18-,19-,20-,21-,22-,23+/m1/s1. The Morgan fingerprint density at radius 1 is 0.524 bits per heavy atom. The molecule has 0 unspecified atom stereocenters. The molecule has 19 atom stereocenters. The third kappa shape index (κ3) is 6.60. The van der Waals surface area contributed by atoms with Crippen molar-refractivity contribution >= 4 is 0 Å². The molecule has 4 rings (SSSR count). The van der Waals surface area contributed by atoms with Crippen LogP contribution in [0.1, 0.15) is 6.42 Å². The number of aliphatic hydroxyl groups excluding tert-OH is 7. The van der Waals surface area contributed by atoms with Gasteiger partial charge in [0.1, 0.15) is 54.9 Å². The first-order valence-electron chi connectivity index (χ1n) is 13.9. The fraction of sp³-hybridized carbons (Fsp3) is 1.00. The van der Waals surface area contributed by atoms with Crippen molar-refractivity contribution in [1.29, 1.82) is 0 Å². The van der Waals surface area contributed by atoms with Crippen molar-refractivity contribution < 1.29 is 64.2 Å². The molecule has 0 spiro atoms. The summed E-state index contributed by atoms with van der Waals surface area (Å²) in [4.78, 5) is 0. The van der Waals surface area contributed by atoms with Crippen molar-refractivity contribution in [3.8, 4) is 0 Å². The molecule has 19 N–H and O–H groups in total. The topological polar surface area (TPSA) is 353 Å². The summed E-state index contributed by atoms with van der Waals surface area (Å²) in [5.74, 6) is 0. The van der Waals surface area contributed by atoms with Gasteiger partial charge in [0, 0.05) is 18.6 Å². The summed E-state index contributed by atoms with van der Waals surface area (Å²) in [6.07, 6.45) is -18.3. The maximum Gasteiger partial charge on any atom is 0.187 e. The van der Waals surface area contributed by atoms with Crippen LogP contribution in [0.25, 0.3) is 0 Å². The minimum Gasteiger partial charge on any atom is -0.394 e. The lowest BCUT2D eigenvalue weighted by atomic mass is 9.84. The van der Waals surface area contributed by atoms with Gasteiger partial charge in [-0.05, 0) is 6.42 Å². The van der Waals surface area contributed by atoms with Gasteiger partial charge in [-0.2, -0.15) is 0 Å². The lowest BCUT2D eigenvalue weighted by Crippen LogP contribution is -2.69. The lowest BCUT2D eigenvalue weighted by Gasteiger charge is -2.47. The zero-order chi connectivity index (χ0) is 31.0. The van der Waals surface area contributed by atoms with Gasteiger partial charge in [-0.3, -0.25) is 0 Å². The normalized spacial score (nSPS) is 53.8. The van der Waals surface area contributed by atoms with Crippen LogP contribution < -0.4 is 34.4 Å². The first kappa shape index (κ1) is 34.1. The fourth-order valence-corrected chi connectivity index (χ4v) is 5.75. The van der Waals surface area contributed by atoms with Crippen molar-refractivity contribution in [3.63, 3.8) is 0 Å². The monoisotopic (exact) mass is 614 g/mol. The first-order chi connectivity index (χ1) is 19.8. The smallest absolute Gasteiger partial charge is 0.187 e. The van der Waals surface area contributed by atoms with Crippen LogP contribution >= 0.6 is 0 Å². The van der Waals surface area contributed by atoms with E-state index in [0.29, 0.717) is 0 Å². The molecule has 0 aromatic rings. The summed E-state index contributed by atoms with van der Waals surface area (Å²) in [5, 5.41) is 72.5. The number of rotatable bonds is 9. The first-order valence-corrected chi connectivity index (χ1v) is 13.9. The molecule has 3 aliphatic heterocycles. The Morgan fingerprint density at radius 2 is 1.05 bits per heavy atom. The molecule has 3 heterocycles. The van der Waals surface area contributed by atoms with Crippen molar-refractivity contribution in [1.82, 2.24) is 0 Å². The van der Waals surface area contributed by atoms with E-state index in [1.807, 2.05) is 0 Å². The Balaban J connectivity index is 1.50. The quantitative estimate of drug-likeness (QED) is 0.115. The van der Waals surface area contributed by atoms with E-state index in [2.05, 4.69) is 0 Å². The molecule has 0 aromatic carbocycles. The molecule has 0 amide bonds. The van der Waals surface area contributed by atoms with Gasteiger partial charge in [0.05, 0.1) is 43.5 Å². The maximum atomic E-state index is 11.1. The third-order valence-electron chi connectivity index (χ3n) is 8.41. The Labute approximate surface area is 241 Å². The SMILES string of the molecule is NC[C@@H]1O[C@H](O[C@H]2[C@@H](O)[C@H](O[C@@H]3[C@@H](O)[C@H](N)C[C@H](N)[C@H]3O[C@H]3O[C@H](CO)[C@H](N)[C@H](O)[C@H]3N)O[C@@H]2CO)[C@H](N)[C@@H](O)[C@@H]1O. The third-order valence-corrected chi connectivity index (χ3v) is 8.41. The zero-order valence-electron chi connectivity index (χ0n) is 22.8. The van der Waals surface area contributed by atoms with Crippen molar-refractivity contribution in [2.24, 2.45) is 34.4 Å². The van der Waals surface area contributed by atoms with Gasteiger partial charge in [0.25, 0.3) is 0 Å². The second kappa shape index (κ2) is 14.1. The number of hydrogen-bond donors (Lipinski definition) is 13. The summed E-state index contributed by atoms with van der Waals surface area (Å²) in [6.45, 7) is -1.34. The van der Waals surface area contributed by atoms with Crippen molar-refractivity contribution in [2.75, 3.05) is 19.8 Å². The van der Waals surface area contributed by atoms with E-state index in [1.54, 1.807) is 0 Å². The summed E-state index contributed by atoms with van der Waals surface area (Å²) < 4.78 is 34.6. The van der Waals surface area contributed by atoms with Crippen LogP contribution in [0.4, 0.5) is 0 Å². The van der Waals surface area contributed by atoms with E-state index in [9.17, 15) is 35.7 Å². The summed E-state index contributed by atoms with van der Waals surface area (Å²) in [5.41, 5.74) is 35.9. The molecule has 0 bridgehead atoms. The van der Waals surface area contributed by atoms with Crippen LogP contribution in [0.3, 0.4) is 0 Å². The minimum absolute atomic E-state index is 0.0889. The highest BCUT2D eigenvalue weighted by molar-refractivity contribution is 5.02. The van der Waals surface area contributed by atoms with Gasteiger partial charge >= 0.3 is 0 Å². The molecule has 0 radical (unpaired) electrons. The van der Waals surface area contributed by atoms with Crippen LogP contribution in [0, 0.1) is 0 Å². The van der Waals surface area contributed by atoms with Crippen LogP contribution in [-0.4, -0.2) is 172 Å². The van der Waals surface area contributed by atoms with E-state index in [4.69, 9.17) is 62.8 Å². The van der Waals surface area contributed by atoms with Crippen molar-refractivity contribution in [3.05, 3.63) is 0 Å². The van der Waals surface area contributed by atoms with Gasteiger partial charge in [-0.1, -0.05) is 0 Å². The van der Waals surface area contributed by atoms with E-state index in [-0.39, 0.29) is 13.0 Å². The summed E-state index contributed by atoms with van der Waals surface area (Å²) in [7, 11) is 0. The average Bonchev–Trinajstić information content (AvgIpc) is 3.27. The second-order valence-electron chi connectivity index (χ2n) is 11.3. The Kier molecular flexibility index (Phi) is 11.5. The van der Waals surface area contributed by atoms with Gasteiger partial charge in [-0.25, -0.2) is 0 Å². The van der Waals surface area contributed by atoms with E-state index < -0.39 is 129 Å². The summed E-state index contributed by atoms with van der Waals surface area (Å²) in [6, 6.07) is -5.10. The lowest BCUT2D eigenvalue weighted by molar-refractivity contribution is -0.299. The van der Waals surface area contributed by atoms with Gasteiger partial charge in [0.15, 0.2) is 18.9 Å². The zero-order valence-corrected chi connectivity index (χ0v) is 22.8. The van der Waals surface area contributed by atoms with Crippen LogP contribution in [0.5, 0.6) is 0 Å². The molecule has 4 fully saturated rings. The van der Waals surface area contributed by atoms with Gasteiger partial charge < -0.3 is 98.6 Å². The number of nitrogens with two attached hydrogens (primary N) is 6. The van der Waals surface area contributed by atoms with E-state index in [1.165, 1.54) is 0 Å². The molecule has 19 heteroatoms. The molecule has 1 aliphatic carbocycles. The fourth-order valence-electron chi connectivity index (χ4n) is 5.75. The average molecular weight is 615 g/mol. The molecular formula is C23H46N6O13. The largest absolute Gasteiger partial charge is 0.394 e. The number of aliphatic hydroxyl groups is 7. The second-order valence-corrected chi connectivity index (χ2v) is 11.3. The molecular weight excluding hydrogens is 568 g/mol. The predicted octanol–water partition coefficient (Wildman–Crippen LogP) is -8.90. The highest BCUT2D eigenvalue weighted by Gasteiger charge is 2.54. The molecule has 19 nitrogen and oxygen atoms in total. The van der Waals surface area contributed by atoms with E-state index in [0.717, 1.165) is 0 Å². The summed E-state index contributed by atoms with van der Waals surface area (Å²) >= 11 is 0. The maximum absolute atomic E-state index is 11.1. The van der Waals surface area contributed by atoms with Gasteiger partial charge in [0.2, 0.25) is 0 Å². The van der Waals surface area contributed by atoms with Crippen molar-refractivity contribution in [2.45, 2.75) is 123 Å². The van der Waals surface area contributed by atoms with E-state index >= 15 is 0 Å². The van der Waals surface area contributed by atoms with Crippen LogP contribution in [-0.2, 0) is 28.4 Å². The molecule has 3 saturated heterocycles. The number of hydrogen-bond acceptors (Lipinski definition) is 19. The molecule has 246 valence electrons. The highest BCUT2D eigenvalue weighted by Crippen LogP contribution is 2.34. The predicted molar refractivity (Wildman–Crippen MR) is 138 cm³/mol.